The molecular weight excluding hydrogens is 462 g/mol. The summed E-state index contributed by atoms with van der Waals surface area (Å²) in [6.45, 7) is 0.653. The summed E-state index contributed by atoms with van der Waals surface area (Å²) in [5, 5.41) is -0.450. The van der Waals surface area contributed by atoms with Crippen LogP contribution in [0.25, 0.3) is 11.3 Å². The Labute approximate surface area is 186 Å². The van der Waals surface area contributed by atoms with Gasteiger partial charge in [-0.3, -0.25) is 4.79 Å². The lowest BCUT2D eigenvalue weighted by atomic mass is 9.94. The number of halogens is 2. The number of alkyl halides is 2. The van der Waals surface area contributed by atoms with Gasteiger partial charge >= 0.3 is 0 Å². The average Bonchev–Trinajstić information content (AvgIpc) is 3.41. The largest absolute Gasteiger partial charge is 0.464 e. The number of fused-ring (bicyclic) bond motifs is 3. The van der Waals surface area contributed by atoms with Gasteiger partial charge in [0.05, 0.1) is 18.2 Å². The van der Waals surface area contributed by atoms with E-state index in [0.29, 0.717) is 59.4 Å². The molecule has 0 saturated carbocycles. The van der Waals surface area contributed by atoms with Crippen LogP contribution in [0.3, 0.4) is 0 Å². The first-order chi connectivity index (χ1) is 15.2. The summed E-state index contributed by atoms with van der Waals surface area (Å²) >= 11 is 1.06. The maximum absolute atomic E-state index is 13.5. The third-order valence-electron chi connectivity index (χ3n) is 5.72. The van der Waals surface area contributed by atoms with E-state index in [0.717, 1.165) is 11.8 Å². The molecule has 32 heavy (non-hydrogen) atoms. The van der Waals surface area contributed by atoms with Crippen molar-refractivity contribution in [3.05, 3.63) is 35.7 Å². The number of pyridine rings is 1. The Morgan fingerprint density at radius 1 is 1.25 bits per heavy atom. The van der Waals surface area contributed by atoms with Gasteiger partial charge in [0, 0.05) is 30.1 Å². The average molecular weight is 481 g/mol. The second-order valence-electron chi connectivity index (χ2n) is 7.79. The van der Waals surface area contributed by atoms with Gasteiger partial charge in [0.25, 0.3) is 12.3 Å². The van der Waals surface area contributed by atoms with E-state index in [9.17, 15) is 22.0 Å². The number of furan rings is 1. The molecule has 1 fully saturated rings. The highest BCUT2D eigenvalue weighted by Crippen LogP contribution is 2.44. The standard InChI is InChI=1S/C20H18F2N4O4S2/c1-32(28,29)26-6-4-10(5-7-26)18-24-15-14-11(13-3-2-8-30-13)9-12(17(21)22)23-20(14)31-16(15)19(27)25-18/h2-3,8-10,16-17H,4-7H2,1H3. The summed E-state index contributed by atoms with van der Waals surface area (Å²) in [6.07, 6.45) is 0.827. The Bertz CT molecular complexity index is 1250. The SMILES string of the molecule is CS(=O)(=O)N1CCC(C2=NC(=O)C3Sc4nc(C(F)F)cc(-c5ccco5)c4C3=N2)CC1. The van der Waals surface area contributed by atoms with E-state index in [2.05, 4.69) is 15.0 Å². The molecule has 0 spiro atoms. The lowest BCUT2D eigenvalue weighted by Crippen LogP contribution is -2.41. The fraction of sp³-hybridized carbons (Fsp3) is 0.400. The number of hydrogen-bond acceptors (Lipinski definition) is 7. The van der Waals surface area contributed by atoms with Crippen LogP contribution in [0.1, 0.15) is 30.5 Å². The van der Waals surface area contributed by atoms with Gasteiger partial charge in [-0.05, 0) is 31.0 Å². The first kappa shape index (κ1) is 21.4. The van der Waals surface area contributed by atoms with E-state index in [1.54, 1.807) is 12.1 Å². The molecule has 1 amide bonds. The quantitative estimate of drug-likeness (QED) is 0.666. The highest BCUT2D eigenvalue weighted by atomic mass is 32.2. The number of hydrogen-bond donors (Lipinski definition) is 0. The zero-order valence-corrected chi connectivity index (χ0v) is 18.5. The van der Waals surface area contributed by atoms with Crippen molar-refractivity contribution in [2.45, 2.75) is 29.5 Å². The second kappa shape index (κ2) is 7.85. The smallest absolute Gasteiger partial charge is 0.280 e. The Hall–Kier alpha value is -2.44. The number of sulfonamides is 1. The zero-order valence-electron chi connectivity index (χ0n) is 16.9. The number of nitrogens with zero attached hydrogens (tertiary/aromatic N) is 4. The van der Waals surface area contributed by atoms with Gasteiger partial charge in [0.15, 0.2) is 0 Å². The molecule has 0 N–H and O–H groups in total. The Kier molecular flexibility index (Phi) is 5.25. The van der Waals surface area contributed by atoms with Crippen LogP contribution in [-0.2, 0) is 14.8 Å². The highest BCUT2D eigenvalue weighted by Gasteiger charge is 2.43. The Balaban J connectivity index is 1.54. The second-order valence-corrected chi connectivity index (χ2v) is 10.9. The molecule has 1 saturated heterocycles. The number of thioether (sulfide) groups is 1. The minimum Gasteiger partial charge on any atom is -0.464 e. The van der Waals surface area contributed by atoms with Crippen LogP contribution in [-0.4, -0.2) is 59.8 Å². The number of carbonyl (C=O) groups excluding carboxylic acids is 1. The van der Waals surface area contributed by atoms with Crippen LogP contribution in [0.4, 0.5) is 8.78 Å². The normalized spacial score (nSPS) is 22.0. The summed E-state index contributed by atoms with van der Waals surface area (Å²) < 4.78 is 57.3. The molecule has 3 aliphatic rings. The van der Waals surface area contributed by atoms with Crippen molar-refractivity contribution >= 4 is 39.2 Å². The summed E-state index contributed by atoms with van der Waals surface area (Å²) in [7, 11) is -3.28. The van der Waals surface area contributed by atoms with Crippen molar-refractivity contribution < 1.29 is 26.4 Å². The van der Waals surface area contributed by atoms with Crippen molar-refractivity contribution in [1.82, 2.24) is 9.29 Å². The number of amides is 1. The third kappa shape index (κ3) is 3.69. The molecule has 2 aromatic heterocycles. The predicted molar refractivity (Wildman–Crippen MR) is 115 cm³/mol. The van der Waals surface area contributed by atoms with Crippen molar-refractivity contribution in [2.75, 3.05) is 19.3 Å². The molecule has 0 radical (unpaired) electrons. The van der Waals surface area contributed by atoms with Crippen LogP contribution < -0.4 is 0 Å². The highest BCUT2D eigenvalue weighted by molar-refractivity contribution is 8.02. The maximum Gasteiger partial charge on any atom is 0.280 e. The molecule has 0 aliphatic carbocycles. The molecule has 0 bridgehead atoms. The molecule has 5 heterocycles. The molecule has 12 heteroatoms. The minimum absolute atomic E-state index is 0.167. The Morgan fingerprint density at radius 3 is 2.62 bits per heavy atom. The lowest BCUT2D eigenvalue weighted by Gasteiger charge is -2.30. The number of carbonyl (C=O) groups is 1. The summed E-state index contributed by atoms with van der Waals surface area (Å²) in [5.41, 5.74) is 0.951. The molecule has 8 nitrogen and oxygen atoms in total. The van der Waals surface area contributed by atoms with Crippen LogP contribution in [0.15, 0.2) is 43.9 Å². The van der Waals surface area contributed by atoms with Gasteiger partial charge in [-0.25, -0.2) is 31.5 Å². The summed E-state index contributed by atoms with van der Waals surface area (Å²) in [6, 6.07) is 4.58. The summed E-state index contributed by atoms with van der Waals surface area (Å²) in [5.74, 6) is 0.154. The van der Waals surface area contributed by atoms with Crippen LogP contribution >= 0.6 is 11.8 Å². The molecule has 5 rings (SSSR count). The molecule has 168 valence electrons. The fourth-order valence-electron chi connectivity index (χ4n) is 4.14. The predicted octanol–water partition coefficient (Wildman–Crippen LogP) is 3.15. The monoisotopic (exact) mass is 480 g/mol. The van der Waals surface area contributed by atoms with Crippen LogP contribution in [0, 0.1) is 5.92 Å². The van der Waals surface area contributed by atoms with Gasteiger partial charge in [-0.1, -0.05) is 11.8 Å². The van der Waals surface area contributed by atoms with Gasteiger partial charge in [-0.2, -0.15) is 4.99 Å². The van der Waals surface area contributed by atoms with Crippen molar-refractivity contribution in [1.29, 1.82) is 0 Å². The van der Waals surface area contributed by atoms with Gasteiger partial charge < -0.3 is 4.42 Å². The number of aromatic nitrogens is 1. The van der Waals surface area contributed by atoms with Gasteiger partial charge in [-0.15, -0.1) is 0 Å². The van der Waals surface area contributed by atoms with Crippen LogP contribution in [0.2, 0.25) is 0 Å². The van der Waals surface area contributed by atoms with Gasteiger partial charge in [0.1, 0.15) is 27.6 Å². The number of rotatable bonds is 4. The van der Waals surface area contributed by atoms with E-state index in [1.807, 2.05) is 0 Å². The molecular formula is C20H18F2N4O4S2. The van der Waals surface area contributed by atoms with E-state index < -0.39 is 33.3 Å². The van der Waals surface area contributed by atoms with E-state index >= 15 is 0 Å². The van der Waals surface area contributed by atoms with E-state index in [4.69, 9.17) is 4.42 Å². The topological polar surface area (TPSA) is 105 Å². The third-order valence-corrected chi connectivity index (χ3v) is 8.20. The maximum atomic E-state index is 13.5. The molecule has 3 aliphatic heterocycles. The van der Waals surface area contributed by atoms with Crippen molar-refractivity contribution in [3.8, 4) is 11.3 Å². The molecule has 0 aromatic carbocycles. The molecule has 2 aromatic rings. The van der Waals surface area contributed by atoms with Crippen LogP contribution in [0.5, 0.6) is 0 Å². The van der Waals surface area contributed by atoms with Crippen molar-refractivity contribution in [3.63, 3.8) is 0 Å². The summed E-state index contributed by atoms with van der Waals surface area (Å²) in [4.78, 5) is 25.8. The Morgan fingerprint density at radius 2 is 2.00 bits per heavy atom. The lowest BCUT2D eigenvalue weighted by molar-refractivity contribution is -0.116. The molecule has 1 atom stereocenters. The van der Waals surface area contributed by atoms with E-state index in [-0.39, 0.29) is 5.92 Å². The van der Waals surface area contributed by atoms with Gasteiger partial charge in [0.2, 0.25) is 10.0 Å². The number of aliphatic imine (C=N–C) groups is 2. The van der Waals surface area contributed by atoms with Crippen molar-refractivity contribution in [2.24, 2.45) is 15.9 Å². The first-order valence-electron chi connectivity index (χ1n) is 9.92. The number of amidine groups is 1. The van der Waals surface area contributed by atoms with E-state index in [1.165, 1.54) is 22.9 Å². The first-order valence-corrected chi connectivity index (χ1v) is 12.7. The number of piperidine rings is 1. The zero-order chi connectivity index (χ0) is 22.6. The minimum atomic E-state index is -3.28. The molecule has 1 unspecified atom stereocenters. The fourth-order valence-corrected chi connectivity index (χ4v) is 6.16.